The maximum absolute atomic E-state index is 12.2. The number of hydrogen-bond donors (Lipinski definition) is 0. The van der Waals surface area contributed by atoms with E-state index in [-0.39, 0.29) is 11.5 Å². The molecule has 22 heavy (non-hydrogen) atoms. The van der Waals surface area contributed by atoms with Gasteiger partial charge in [0.2, 0.25) is 0 Å². The zero-order valence-corrected chi connectivity index (χ0v) is 14.3. The first-order valence-electron chi connectivity index (χ1n) is 7.57. The predicted octanol–water partition coefficient (Wildman–Crippen LogP) is 3.76. The Labute approximate surface area is 142 Å². The maximum atomic E-state index is 12.2. The molecule has 0 aromatic heterocycles. The molecule has 0 aliphatic heterocycles. The molecule has 0 saturated heterocycles. The molecule has 0 aliphatic rings. The van der Waals surface area contributed by atoms with Crippen LogP contribution in [0.3, 0.4) is 0 Å². The highest BCUT2D eigenvalue weighted by Crippen LogP contribution is 2.17. The quantitative estimate of drug-likeness (QED) is 0.679. The predicted molar refractivity (Wildman–Crippen MR) is 88.0 cm³/mol. The van der Waals surface area contributed by atoms with Crippen LogP contribution >= 0.6 is 15.9 Å². The minimum Gasteiger partial charge on any atom is -0.371 e. The molecule has 0 radical (unpaired) electrons. The monoisotopic (exact) mass is 386 g/mol. The lowest BCUT2D eigenvalue weighted by atomic mass is 10.2. The van der Waals surface area contributed by atoms with E-state index in [4.69, 9.17) is 11.7 Å². The first-order valence-corrected chi connectivity index (χ1v) is 8.77. The van der Waals surface area contributed by atoms with Crippen molar-refractivity contribution in [3.63, 3.8) is 0 Å². The van der Waals surface area contributed by atoms with E-state index in [0.29, 0.717) is 4.47 Å². The second-order valence-corrected chi connectivity index (χ2v) is 7.01. The Morgan fingerprint density at radius 2 is 1.77 bits per heavy atom. The summed E-state index contributed by atoms with van der Waals surface area (Å²) < 4.78 is 51.1. The fraction of sp³-hybridized carbons (Fsp3) is 0.250. The molecule has 2 aromatic rings. The fourth-order valence-corrected chi connectivity index (χ4v) is 2.70. The summed E-state index contributed by atoms with van der Waals surface area (Å²) >= 11 is 3.21. The average molecular weight is 387 g/mol. The highest BCUT2D eigenvalue weighted by atomic mass is 79.9. The van der Waals surface area contributed by atoms with Gasteiger partial charge in [-0.05, 0) is 36.8 Å². The van der Waals surface area contributed by atoms with Gasteiger partial charge in [-0.2, -0.15) is 8.42 Å². The van der Waals surface area contributed by atoms with Crippen LogP contribution in [0.4, 0.5) is 0 Å². The Kier molecular flexibility index (Phi) is 5.15. The van der Waals surface area contributed by atoms with Crippen molar-refractivity contribution in [1.29, 1.82) is 0 Å². The normalized spacial score (nSPS) is 15.0. The van der Waals surface area contributed by atoms with Gasteiger partial charge in [0, 0.05) is 4.47 Å². The maximum Gasteiger partial charge on any atom is 0.297 e. The second kappa shape index (κ2) is 7.87. The average Bonchev–Trinajstić information content (AvgIpc) is 2.53. The van der Waals surface area contributed by atoms with Crippen molar-refractivity contribution in [2.75, 3.05) is 6.56 Å². The molecule has 0 spiro atoms. The van der Waals surface area contributed by atoms with Gasteiger partial charge >= 0.3 is 0 Å². The summed E-state index contributed by atoms with van der Waals surface area (Å²) in [6.45, 7) is -0.913. The standard InChI is InChI=1S/C16H17BrO4S/c1-13(20-12-14-5-3-2-4-6-14)11-21-22(18,19)16-9-7-15(17)8-10-16/h2-10,13H,11-12H2,1H3/t13-/m0/s1/i11D2. The van der Waals surface area contributed by atoms with Gasteiger partial charge in [0.05, 0.1) is 26.9 Å². The first kappa shape index (κ1) is 14.4. The van der Waals surface area contributed by atoms with E-state index >= 15 is 0 Å². The smallest absolute Gasteiger partial charge is 0.297 e. The number of benzene rings is 2. The van der Waals surface area contributed by atoms with Crippen LogP contribution in [0.1, 0.15) is 15.2 Å². The van der Waals surface area contributed by atoms with Gasteiger partial charge in [0.25, 0.3) is 10.1 Å². The number of hydrogen-bond acceptors (Lipinski definition) is 4. The van der Waals surface area contributed by atoms with E-state index in [9.17, 15) is 8.42 Å². The summed E-state index contributed by atoms with van der Waals surface area (Å²) in [6, 6.07) is 15.0. The molecule has 0 amide bonds. The number of rotatable bonds is 7. The molecule has 2 aromatic carbocycles. The molecule has 0 aliphatic carbocycles. The SMILES string of the molecule is [2H]C([2H])(OS(=O)(=O)c1ccc(Br)cc1)[C@H](C)OCc1ccccc1. The number of halogens is 1. The van der Waals surface area contributed by atoms with Crippen molar-refractivity contribution in [1.82, 2.24) is 0 Å². The Morgan fingerprint density at radius 3 is 2.41 bits per heavy atom. The van der Waals surface area contributed by atoms with Gasteiger partial charge in [-0.3, -0.25) is 4.18 Å². The lowest BCUT2D eigenvalue weighted by Crippen LogP contribution is -2.19. The van der Waals surface area contributed by atoms with E-state index in [1.807, 2.05) is 30.3 Å². The zero-order valence-electron chi connectivity index (χ0n) is 13.9. The summed E-state index contributed by atoms with van der Waals surface area (Å²) in [6.07, 6.45) is -1.08. The lowest BCUT2D eigenvalue weighted by molar-refractivity contribution is 0.0229. The fourth-order valence-electron chi connectivity index (χ4n) is 1.61. The van der Waals surface area contributed by atoms with Gasteiger partial charge in [0.15, 0.2) is 0 Å². The highest BCUT2D eigenvalue weighted by Gasteiger charge is 2.16. The molecule has 0 bridgehead atoms. The topological polar surface area (TPSA) is 52.6 Å². The third-order valence-electron chi connectivity index (χ3n) is 2.77. The van der Waals surface area contributed by atoms with Gasteiger partial charge in [-0.15, -0.1) is 0 Å². The van der Waals surface area contributed by atoms with Crippen molar-refractivity contribution in [2.24, 2.45) is 0 Å². The second-order valence-electron chi connectivity index (χ2n) is 4.55. The summed E-state index contributed by atoms with van der Waals surface area (Å²) in [4.78, 5) is -0.121. The third kappa shape index (κ3) is 5.21. The highest BCUT2D eigenvalue weighted by molar-refractivity contribution is 9.10. The van der Waals surface area contributed by atoms with Crippen molar-refractivity contribution >= 4 is 26.0 Å². The Bertz CT molecular complexity index is 764. The van der Waals surface area contributed by atoms with Crippen LogP contribution in [0, 0.1) is 0 Å². The van der Waals surface area contributed by atoms with Gasteiger partial charge in [0.1, 0.15) is 0 Å². The van der Waals surface area contributed by atoms with Crippen LogP contribution in [0.2, 0.25) is 0 Å². The van der Waals surface area contributed by atoms with Crippen molar-refractivity contribution in [2.45, 2.75) is 24.5 Å². The van der Waals surface area contributed by atoms with Crippen molar-refractivity contribution < 1.29 is 20.1 Å². The molecule has 1 atom stereocenters. The molecular weight excluding hydrogens is 368 g/mol. The lowest BCUT2D eigenvalue weighted by Gasteiger charge is -2.13. The van der Waals surface area contributed by atoms with Crippen LogP contribution < -0.4 is 0 Å². The third-order valence-corrected chi connectivity index (χ3v) is 4.46. The Balaban J connectivity index is 2.04. The zero-order chi connectivity index (χ0) is 17.8. The van der Waals surface area contributed by atoms with Crippen LogP contribution in [-0.4, -0.2) is 21.1 Å². The van der Waals surface area contributed by atoms with Crippen LogP contribution in [0.15, 0.2) is 64.0 Å². The largest absolute Gasteiger partial charge is 0.371 e. The van der Waals surface area contributed by atoms with Crippen molar-refractivity contribution in [3.05, 3.63) is 64.6 Å². The van der Waals surface area contributed by atoms with Crippen molar-refractivity contribution in [3.8, 4) is 0 Å². The molecule has 4 nitrogen and oxygen atoms in total. The van der Waals surface area contributed by atoms with Crippen LogP contribution in [-0.2, 0) is 25.6 Å². The molecule has 0 unspecified atom stereocenters. The molecule has 6 heteroatoms. The Morgan fingerprint density at radius 1 is 1.14 bits per heavy atom. The van der Waals surface area contributed by atoms with Gasteiger partial charge < -0.3 is 4.74 Å². The molecule has 0 fully saturated rings. The van der Waals surface area contributed by atoms with E-state index in [0.717, 1.165) is 5.56 Å². The minimum absolute atomic E-state index is 0.121. The number of ether oxygens (including phenoxy) is 1. The van der Waals surface area contributed by atoms with E-state index in [1.54, 1.807) is 12.1 Å². The molecular formula is C16H17BrO4S. The first-order chi connectivity index (χ1) is 11.2. The van der Waals surface area contributed by atoms with E-state index in [1.165, 1.54) is 19.1 Å². The summed E-state index contributed by atoms with van der Waals surface area (Å²) in [5, 5.41) is 0. The molecule has 0 saturated carbocycles. The minimum atomic E-state index is -4.24. The van der Waals surface area contributed by atoms with Crippen LogP contribution in [0.25, 0.3) is 0 Å². The van der Waals surface area contributed by atoms with Gasteiger partial charge in [-0.25, -0.2) is 0 Å². The molecule has 118 valence electrons. The summed E-state index contributed by atoms with van der Waals surface area (Å²) in [7, 11) is -4.24. The van der Waals surface area contributed by atoms with Crippen LogP contribution in [0.5, 0.6) is 0 Å². The van der Waals surface area contributed by atoms with Gasteiger partial charge in [-0.1, -0.05) is 46.3 Å². The molecule has 0 heterocycles. The molecule has 0 N–H and O–H groups in total. The molecule has 2 rings (SSSR count). The summed E-state index contributed by atoms with van der Waals surface area (Å²) in [5.74, 6) is 0. The van der Waals surface area contributed by atoms with E-state index < -0.39 is 22.8 Å². The summed E-state index contributed by atoms with van der Waals surface area (Å²) in [5.41, 5.74) is 0.857. The Hall–Kier alpha value is -1.21. The van der Waals surface area contributed by atoms with E-state index in [2.05, 4.69) is 15.9 Å².